The minimum Gasteiger partial charge on any atom is -0.481 e. The van der Waals surface area contributed by atoms with E-state index in [0.29, 0.717) is 5.88 Å². The lowest BCUT2D eigenvalue weighted by Crippen LogP contribution is -2.09. The van der Waals surface area contributed by atoms with Crippen molar-refractivity contribution in [1.29, 1.82) is 0 Å². The first-order chi connectivity index (χ1) is 8.63. The van der Waals surface area contributed by atoms with Gasteiger partial charge in [-0.05, 0) is 19.1 Å². The Balaban J connectivity index is 2.35. The molecule has 1 unspecified atom stereocenters. The maximum atomic E-state index is 10.6. The summed E-state index contributed by atoms with van der Waals surface area (Å²) in [7, 11) is 1.53. The average Bonchev–Trinajstić information content (AvgIpc) is 2.87. The van der Waals surface area contributed by atoms with Crippen LogP contribution in [0, 0.1) is 10.1 Å². The van der Waals surface area contributed by atoms with Crippen LogP contribution >= 0.6 is 0 Å². The molecule has 0 aliphatic carbocycles. The highest BCUT2D eigenvalue weighted by molar-refractivity contribution is 5.30. The van der Waals surface area contributed by atoms with E-state index in [4.69, 9.17) is 4.74 Å². The van der Waals surface area contributed by atoms with Crippen LogP contribution in [0.3, 0.4) is 0 Å². The number of methoxy groups -OCH3 is 1. The number of rotatable bonds is 4. The van der Waals surface area contributed by atoms with Crippen LogP contribution in [0.2, 0.25) is 0 Å². The maximum Gasteiger partial charge on any atom is 0.307 e. The van der Waals surface area contributed by atoms with Crippen LogP contribution in [-0.2, 0) is 0 Å². The summed E-state index contributed by atoms with van der Waals surface area (Å²) in [5.41, 5.74) is 0.780. The fourth-order valence-corrected chi connectivity index (χ4v) is 1.67. The molecule has 0 saturated heterocycles. The lowest BCUT2D eigenvalue weighted by atomic mass is 10.1. The SMILES string of the molecule is COc1ncccc1C(C)n1cc([N+](=O)[O-])cn1. The summed E-state index contributed by atoms with van der Waals surface area (Å²) in [6.45, 7) is 1.87. The van der Waals surface area contributed by atoms with E-state index in [9.17, 15) is 10.1 Å². The van der Waals surface area contributed by atoms with Crippen molar-refractivity contribution < 1.29 is 9.66 Å². The second-order valence-corrected chi connectivity index (χ2v) is 3.71. The third kappa shape index (κ3) is 2.15. The van der Waals surface area contributed by atoms with E-state index in [1.807, 2.05) is 13.0 Å². The zero-order valence-electron chi connectivity index (χ0n) is 9.98. The zero-order chi connectivity index (χ0) is 13.1. The summed E-state index contributed by atoms with van der Waals surface area (Å²) in [5, 5.41) is 14.6. The normalized spacial score (nSPS) is 12.1. The van der Waals surface area contributed by atoms with Crippen molar-refractivity contribution in [1.82, 2.24) is 14.8 Å². The molecule has 1 atom stereocenters. The number of hydrogen-bond donors (Lipinski definition) is 0. The van der Waals surface area contributed by atoms with Crippen LogP contribution in [0.25, 0.3) is 0 Å². The first-order valence-electron chi connectivity index (χ1n) is 5.31. The molecule has 2 heterocycles. The van der Waals surface area contributed by atoms with Crippen molar-refractivity contribution in [2.24, 2.45) is 0 Å². The predicted molar refractivity (Wildman–Crippen MR) is 63.5 cm³/mol. The largest absolute Gasteiger partial charge is 0.481 e. The molecule has 0 bridgehead atoms. The minimum absolute atomic E-state index is 0.0373. The van der Waals surface area contributed by atoms with Crippen LogP contribution in [-0.4, -0.2) is 26.8 Å². The Hall–Kier alpha value is -2.44. The molecule has 0 fully saturated rings. The molecular formula is C11H12N4O3. The smallest absolute Gasteiger partial charge is 0.307 e. The first-order valence-corrected chi connectivity index (χ1v) is 5.31. The Morgan fingerprint density at radius 3 is 2.94 bits per heavy atom. The molecule has 94 valence electrons. The number of nitro groups is 1. The zero-order valence-corrected chi connectivity index (χ0v) is 9.98. The molecule has 2 rings (SSSR count). The molecule has 7 heteroatoms. The van der Waals surface area contributed by atoms with Crippen molar-refractivity contribution in [3.05, 3.63) is 46.4 Å². The molecule has 18 heavy (non-hydrogen) atoms. The van der Waals surface area contributed by atoms with Crippen LogP contribution in [0.4, 0.5) is 5.69 Å². The molecule has 2 aromatic rings. The highest BCUT2D eigenvalue weighted by Crippen LogP contribution is 2.25. The van der Waals surface area contributed by atoms with E-state index < -0.39 is 4.92 Å². The first kappa shape index (κ1) is 12.0. The monoisotopic (exact) mass is 248 g/mol. The van der Waals surface area contributed by atoms with E-state index in [-0.39, 0.29) is 11.7 Å². The number of ether oxygens (including phenoxy) is 1. The van der Waals surface area contributed by atoms with Crippen LogP contribution in [0.15, 0.2) is 30.7 Å². The summed E-state index contributed by atoms with van der Waals surface area (Å²) in [6.07, 6.45) is 4.23. The maximum absolute atomic E-state index is 10.6. The quantitative estimate of drug-likeness (QED) is 0.608. The minimum atomic E-state index is -0.476. The highest BCUT2D eigenvalue weighted by atomic mass is 16.6. The molecule has 0 spiro atoms. The molecule has 0 N–H and O–H groups in total. The van der Waals surface area contributed by atoms with Crippen molar-refractivity contribution in [2.45, 2.75) is 13.0 Å². The van der Waals surface area contributed by atoms with Gasteiger partial charge in [-0.2, -0.15) is 5.10 Å². The molecule has 0 saturated carbocycles. The third-order valence-electron chi connectivity index (χ3n) is 2.64. The molecule has 0 radical (unpaired) electrons. The molecule has 0 aliphatic rings. The predicted octanol–water partition coefficient (Wildman–Crippen LogP) is 1.80. The molecule has 0 aromatic carbocycles. The second kappa shape index (κ2) is 4.82. The van der Waals surface area contributed by atoms with Gasteiger partial charge in [0.2, 0.25) is 5.88 Å². The van der Waals surface area contributed by atoms with Gasteiger partial charge in [0, 0.05) is 11.8 Å². The number of pyridine rings is 1. The van der Waals surface area contributed by atoms with E-state index in [0.717, 1.165) is 5.56 Å². The number of hydrogen-bond acceptors (Lipinski definition) is 5. The fraction of sp³-hybridized carbons (Fsp3) is 0.273. The Bertz CT molecular complexity index is 567. The lowest BCUT2D eigenvalue weighted by molar-refractivity contribution is -0.385. The molecular weight excluding hydrogens is 236 g/mol. The van der Waals surface area contributed by atoms with Gasteiger partial charge in [0.05, 0.1) is 18.1 Å². The van der Waals surface area contributed by atoms with Gasteiger partial charge < -0.3 is 4.74 Å². The van der Waals surface area contributed by atoms with Crippen molar-refractivity contribution >= 4 is 5.69 Å². The molecule has 0 aliphatic heterocycles. The van der Waals surface area contributed by atoms with Crippen molar-refractivity contribution in [2.75, 3.05) is 7.11 Å². The van der Waals surface area contributed by atoms with Gasteiger partial charge in [-0.1, -0.05) is 0 Å². The molecule has 2 aromatic heterocycles. The average molecular weight is 248 g/mol. The Kier molecular flexibility index (Phi) is 3.22. The van der Waals surface area contributed by atoms with E-state index in [1.165, 1.54) is 24.2 Å². The van der Waals surface area contributed by atoms with Crippen LogP contribution in [0.1, 0.15) is 18.5 Å². The standard InChI is InChI=1S/C11H12N4O3/c1-8(10-4-3-5-12-11(10)18-2)14-7-9(6-13-14)15(16)17/h3-8H,1-2H3. The molecule has 7 nitrogen and oxygen atoms in total. The summed E-state index contributed by atoms with van der Waals surface area (Å²) in [5.74, 6) is 0.489. The van der Waals surface area contributed by atoms with Gasteiger partial charge in [-0.25, -0.2) is 4.98 Å². The van der Waals surface area contributed by atoms with Crippen LogP contribution in [0.5, 0.6) is 5.88 Å². The Morgan fingerprint density at radius 2 is 2.33 bits per heavy atom. The lowest BCUT2D eigenvalue weighted by Gasteiger charge is -2.14. The van der Waals surface area contributed by atoms with Gasteiger partial charge in [0.1, 0.15) is 12.4 Å². The summed E-state index contributed by atoms with van der Waals surface area (Å²) >= 11 is 0. The topological polar surface area (TPSA) is 83.1 Å². The van der Waals surface area contributed by atoms with E-state index >= 15 is 0 Å². The second-order valence-electron chi connectivity index (χ2n) is 3.71. The van der Waals surface area contributed by atoms with E-state index in [1.54, 1.807) is 12.3 Å². The fourth-order valence-electron chi connectivity index (χ4n) is 1.67. The van der Waals surface area contributed by atoms with Gasteiger partial charge >= 0.3 is 5.69 Å². The Labute approximate surface area is 103 Å². The van der Waals surface area contributed by atoms with Crippen LogP contribution < -0.4 is 4.74 Å². The van der Waals surface area contributed by atoms with Gasteiger partial charge in [0.15, 0.2) is 0 Å². The number of nitrogens with zero attached hydrogens (tertiary/aromatic N) is 4. The van der Waals surface area contributed by atoms with Gasteiger partial charge in [-0.15, -0.1) is 0 Å². The van der Waals surface area contributed by atoms with Gasteiger partial charge in [0.25, 0.3) is 0 Å². The highest BCUT2D eigenvalue weighted by Gasteiger charge is 2.17. The van der Waals surface area contributed by atoms with E-state index in [2.05, 4.69) is 10.1 Å². The number of aromatic nitrogens is 3. The van der Waals surface area contributed by atoms with Crippen molar-refractivity contribution in [3.8, 4) is 5.88 Å². The summed E-state index contributed by atoms with van der Waals surface area (Å²) < 4.78 is 6.67. The van der Waals surface area contributed by atoms with Gasteiger partial charge in [-0.3, -0.25) is 14.8 Å². The summed E-state index contributed by atoms with van der Waals surface area (Å²) in [4.78, 5) is 14.2. The molecule has 0 amide bonds. The summed E-state index contributed by atoms with van der Waals surface area (Å²) in [6, 6.07) is 3.44. The van der Waals surface area contributed by atoms with Crippen molar-refractivity contribution in [3.63, 3.8) is 0 Å². The Morgan fingerprint density at radius 1 is 1.56 bits per heavy atom. The third-order valence-corrected chi connectivity index (χ3v) is 2.64.